The highest BCUT2D eigenvalue weighted by Crippen LogP contribution is 2.30. The third kappa shape index (κ3) is 2.60. The topological polar surface area (TPSA) is 52.0 Å². The third-order valence-electron chi connectivity index (χ3n) is 3.25. The zero-order valence-electron chi connectivity index (χ0n) is 11.2. The molecule has 0 aliphatic rings. The lowest BCUT2D eigenvalue weighted by atomic mass is 10.2. The van der Waals surface area contributed by atoms with Gasteiger partial charge in [0, 0.05) is 12.4 Å². The van der Waals surface area contributed by atoms with Gasteiger partial charge in [-0.25, -0.2) is 13.4 Å². The molecule has 0 saturated carbocycles. The van der Waals surface area contributed by atoms with E-state index in [1.807, 2.05) is 30.3 Å². The Labute approximate surface area is 123 Å². The fraction of sp³-hybridized carbons (Fsp3) is 0.0625. The van der Waals surface area contributed by atoms with Gasteiger partial charge in [-0.3, -0.25) is 0 Å². The summed E-state index contributed by atoms with van der Waals surface area (Å²) in [5.74, 6) is 0. The number of sulfone groups is 1. The summed E-state index contributed by atoms with van der Waals surface area (Å²) < 4.78 is 27.6. The lowest BCUT2D eigenvalue weighted by Crippen LogP contribution is -2.20. The SMILES string of the molecule is O=S(=O)(c1ccccc1)C(c1ccccc1)n1ccnc1. The van der Waals surface area contributed by atoms with Gasteiger partial charge in [0.15, 0.2) is 5.37 Å². The predicted octanol–water partition coefficient (Wildman–Crippen LogP) is 2.90. The Bertz CT molecular complexity index is 798. The molecular weight excluding hydrogens is 284 g/mol. The minimum absolute atomic E-state index is 0.299. The van der Waals surface area contributed by atoms with Crippen LogP contribution in [-0.4, -0.2) is 18.0 Å². The molecule has 0 aliphatic heterocycles. The van der Waals surface area contributed by atoms with Crippen molar-refractivity contribution >= 4 is 9.84 Å². The van der Waals surface area contributed by atoms with E-state index in [9.17, 15) is 8.42 Å². The highest BCUT2D eigenvalue weighted by molar-refractivity contribution is 7.91. The van der Waals surface area contributed by atoms with Gasteiger partial charge in [-0.15, -0.1) is 0 Å². The number of hydrogen-bond acceptors (Lipinski definition) is 3. The Morgan fingerprint density at radius 2 is 1.52 bits per heavy atom. The van der Waals surface area contributed by atoms with Crippen LogP contribution in [0.4, 0.5) is 0 Å². The number of hydrogen-bond donors (Lipinski definition) is 0. The Morgan fingerprint density at radius 1 is 0.905 bits per heavy atom. The molecular formula is C16H14N2O2S. The maximum atomic E-state index is 13.0. The van der Waals surface area contributed by atoms with Gasteiger partial charge in [-0.1, -0.05) is 48.5 Å². The lowest BCUT2D eigenvalue weighted by Gasteiger charge is -2.19. The highest BCUT2D eigenvalue weighted by Gasteiger charge is 2.30. The van der Waals surface area contributed by atoms with Crippen LogP contribution < -0.4 is 0 Å². The van der Waals surface area contributed by atoms with Crippen molar-refractivity contribution in [2.45, 2.75) is 10.3 Å². The Balaban J connectivity index is 2.17. The standard InChI is InChI=1S/C16H14N2O2S/c19-21(20,15-9-5-2-6-10-15)16(18-12-11-17-13-18)14-7-3-1-4-8-14/h1-13,16H. The van der Waals surface area contributed by atoms with E-state index in [0.29, 0.717) is 10.5 Å². The smallest absolute Gasteiger partial charge is 0.204 e. The van der Waals surface area contributed by atoms with Crippen LogP contribution in [0.25, 0.3) is 0 Å². The number of imidazole rings is 1. The summed E-state index contributed by atoms with van der Waals surface area (Å²) in [6, 6.07) is 17.6. The van der Waals surface area contributed by atoms with Gasteiger partial charge >= 0.3 is 0 Å². The Morgan fingerprint density at radius 3 is 2.10 bits per heavy atom. The minimum Gasteiger partial charge on any atom is -0.316 e. The average Bonchev–Trinajstić information content (AvgIpc) is 3.03. The second-order valence-corrected chi connectivity index (χ2v) is 6.64. The molecule has 0 fully saturated rings. The van der Waals surface area contributed by atoms with Crippen LogP contribution in [0.2, 0.25) is 0 Å². The van der Waals surface area contributed by atoms with Crippen LogP contribution >= 0.6 is 0 Å². The van der Waals surface area contributed by atoms with Crippen LogP contribution in [0.3, 0.4) is 0 Å². The van der Waals surface area contributed by atoms with Crippen molar-refractivity contribution in [2.75, 3.05) is 0 Å². The highest BCUT2D eigenvalue weighted by atomic mass is 32.2. The van der Waals surface area contributed by atoms with Gasteiger partial charge in [0.1, 0.15) is 0 Å². The molecule has 2 aromatic carbocycles. The predicted molar refractivity (Wildman–Crippen MR) is 80.4 cm³/mol. The number of benzene rings is 2. The fourth-order valence-corrected chi connectivity index (χ4v) is 4.03. The first-order chi connectivity index (χ1) is 10.2. The van der Waals surface area contributed by atoms with Crippen LogP contribution in [0.5, 0.6) is 0 Å². The monoisotopic (exact) mass is 298 g/mol. The first-order valence-corrected chi connectivity index (χ1v) is 8.05. The fourth-order valence-electron chi connectivity index (χ4n) is 2.28. The minimum atomic E-state index is -3.55. The molecule has 0 radical (unpaired) electrons. The molecule has 0 spiro atoms. The molecule has 0 amide bonds. The van der Waals surface area contributed by atoms with Crippen molar-refractivity contribution in [3.63, 3.8) is 0 Å². The van der Waals surface area contributed by atoms with E-state index >= 15 is 0 Å². The van der Waals surface area contributed by atoms with Crippen molar-refractivity contribution in [3.05, 3.63) is 84.9 Å². The molecule has 1 aromatic heterocycles. The van der Waals surface area contributed by atoms with Gasteiger partial charge in [-0.05, 0) is 17.7 Å². The molecule has 1 atom stereocenters. The van der Waals surface area contributed by atoms with Crippen LogP contribution in [0.1, 0.15) is 10.9 Å². The van der Waals surface area contributed by atoms with Crippen molar-refractivity contribution in [1.82, 2.24) is 9.55 Å². The molecule has 106 valence electrons. The molecule has 21 heavy (non-hydrogen) atoms. The third-order valence-corrected chi connectivity index (χ3v) is 5.28. The van der Waals surface area contributed by atoms with Crippen LogP contribution in [0.15, 0.2) is 84.3 Å². The summed E-state index contributed by atoms with van der Waals surface area (Å²) in [5.41, 5.74) is 0.708. The van der Waals surface area contributed by atoms with E-state index in [4.69, 9.17) is 0 Å². The molecule has 3 rings (SSSR count). The molecule has 1 unspecified atom stereocenters. The van der Waals surface area contributed by atoms with E-state index in [2.05, 4.69) is 4.98 Å². The summed E-state index contributed by atoms with van der Waals surface area (Å²) in [6.07, 6.45) is 4.77. The molecule has 0 bridgehead atoms. The van der Waals surface area contributed by atoms with Crippen molar-refractivity contribution < 1.29 is 8.42 Å². The first-order valence-electron chi connectivity index (χ1n) is 6.51. The van der Waals surface area contributed by atoms with Crippen molar-refractivity contribution in [1.29, 1.82) is 0 Å². The second kappa shape index (κ2) is 5.54. The molecule has 0 aliphatic carbocycles. The van der Waals surface area contributed by atoms with Gasteiger partial charge in [0.2, 0.25) is 9.84 Å². The summed E-state index contributed by atoms with van der Waals surface area (Å²) in [4.78, 5) is 4.27. The Kier molecular flexibility index (Phi) is 3.58. The molecule has 3 aromatic rings. The molecule has 0 N–H and O–H groups in total. The van der Waals surface area contributed by atoms with E-state index in [1.165, 1.54) is 6.33 Å². The zero-order chi connectivity index (χ0) is 14.7. The van der Waals surface area contributed by atoms with E-state index in [0.717, 1.165) is 0 Å². The number of rotatable bonds is 4. The summed E-state index contributed by atoms with van der Waals surface area (Å²) in [6.45, 7) is 0. The Hall–Kier alpha value is -2.40. The quantitative estimate of drug-likeness (QED) is 0.744. The maximum Gasteiger partial charge on any atom is 0.204 e. The zero-order valence-corrected chi connectivity index (χ0v) is 12.0. The lowest BCUT2D eigenvalue weighted by molar-refractivity contribution is 0.568. The van der Waals surface area contributed by atoms with Gasteiger partial charge < -0.3 is 4.57 Å². The normalized spacial score (nSPS) is 13.0. The molecule has 1 heterocycles. The summed E-state index contributed by atoms with van der Waals surface area (Å²) in [5, 5.41) is -0.816. The van der Waals surface area contributed by atoms with Gasteiger partial charge in [0.05, 0.1) is 11.2 Å². The summed E-state index contributed by atoms with van der Waals surface area (Å²) >= 11 is 0. The second-order valence-electron chi connectivity index (χ2n) is 4.63. The van der Waals surface area contributed by atoms with E-state index < -0.39 is 15.2 Å². The summed E-state index contributed by atoms with van der Waals surface area (Å²) in [7, 11) is -3.55. The van der Waals surface area contributed by atoms with Crippen molar-refractivity contribution in [2.24, 2.45) is 0 Å². The van der Waals surface area contributed by atoms with Gasteiger partial charge in [-0.2, -0.15) is 0 Å². The van der Waals surface area contributed by atoms with Crippen molar-refractivity contribution in [3.8, 4) is 0 Å². The van der Waals surface area contributed by atoms with Gasteiger partial charge in [0.25, 0.3) is 0 Å². The molecule has 5 heteroatoms. The first kappa shape index (κ1) is 13.6. The largest absolute Gasteiger partial charge is 0.316 e. The van der Waals surface area contributed by atoms with E-state index in [1.54, 1.807) is 47.3 Å². The van der Waals surface area contributed by atoms with E-state index in [-0.39, 0.29) is 0 Å². The number of aromatic nitrogens is 2. The molecule has 4 nitrogen and oxygen atoms in total. The maximum absolute atomic E-state index is 13.0. The van der Waals surface area contributed by atoms with Crippen LogP contribution in [-0.2, 0) is 9.84 Å². The molecule has 0 saturated heterocycles. The number of nitrogens with zero attached hydrogens (tertiary/aromatic N) is 2. The van der Waals surface area contributed by atoms with Crippen LogP contribution in [0, 0.1) is 0 Å². The average molecular weight is 298 g/mol.